The summed E-state index contributed by atoms with van der Waals surface area (Å²) in [6.07, 6.45) is 8.43. The second kappa shape index (κ2) is 6.15. The lowest BCUT2D eigenvalue weighted by atomic mass is 9.77. The average Bonchev–Trinajstić information content (AvgIpc) is 3.27. The van der Waals surface area contributed by atoms with Crippen molar-refractivity contribution < 1.29 is 9.53 Å². The molecule has 4 nitrogen and oxygen atoms in total. The molecule has 1 aromatic heterocycles. The maximum Gasteiger partial charge on any atom is 0.313 e. The van der Waals surface area contributed by atoms with Gasteiger partial charge < -0.3 is 10.5 Å². The van der Waals surface area contributed by atoms with E-state index >= 15 is 0 Å². The number of aryl methyl sites for hydroxylation is 1. The first-order chi connectivity index (χ1) is 9.20. The van der Waals surface area contributed by atoms with Crippen LogP contribution >= 0.6 is 0 Å². The molecule has 2 N–H and O–H groups in total. The quantitative estimate of drug-likeness (QED) is 0.763. The molecule has 0 bridgehead atoms. The Hall–Kier alpha value is -1.42. The molecular weight excluding hydrogens is 240 g/mol. The third-order valence-corrected chi connectivity index (χ3v) is 4.00. The van der Waals surface area contributed by atoms with Crippen LogP contribution in [0.1, 0.15) is 31.2 Å². The Labute approximate surface area is 114 Å². The number of methoxy groups -OCH3 is 1. The highest BCUT2D eigenvalue weighted by atomic mass is 16.5. The molecule has 0 spiro atoms. The molecule has 0 aromatic carbocycles. The Morgan fingerprint density at radius 2 is 2.37 bits per heavy atom. The molecule has 1 aliphatic rings. The topological polar surface area (TPSA) is 65.2 Å². The van der Waals surface area contributed by atoms with Crippen molar-refractivity contribution in [2.45, 2.75) is 32.1 Å². The zero-order valence-electron chi connectivity index (χ0n) is 11.5. The molecule has 1 fully saturated rings. The average molecular weight is 262 g/mol. The number of ether oxygens (including phenoxy) is 1. The van der Waals surface area contributed by atoms with Crippen molar-refractivity contribution in [2.24, 2.45) is 17.1 Å². The highest BCUT2D eigenvalue weighted by molar-refractivity contribution is 5.77. The van der Waals surface area contributed by atoms with Crippen molar-refractivity contribution in [3.63, 3.8) is 0 Å². The van der Waals surface area contributed by atoms with Crippen LogP contribution in [-0.4, -0.2) is 24.6 Å². The number of esters is 1. The smallest absolute Gasteiger partial charge is 0.313 e. The predicted octanol–water partition coefficient (Wildman–Crippen LogP) is 1.93. The summed E-state index contributed by atoms with van der Waals surface area (Å²) in [5.74, 6) is 0.488. The first-order valence-corrected chi connectivity index (χ1v) is 6.87. The van der Waals surface area contributed by atoms with Crippen molar-refractivity contribution in [1.82, 2.24) is 4.98 Å². The molecular formula is C15H22N2O2. The Bertz CT molecular complexity index is 417. The number of aromatic nitrogens is 1. The summed E-state index contributed by atoms with van der Waals surface area (Å²) in [7, 11) is 1.45. The van der Waals surface area contributed by atoms with Crippen LogP contribution in [0.5, 0.6) is 0 Å². The van der Waals surface area contributed by atoms with Gasteiger partial charge in [0.2, 0.25) is 0 Å². The minimum atomic E-state index is -0.522. The summed E-state index contributed by atoms with van der Waals surface area (Å²) in [6, 6.07) is 3.95. The second-order valence-corrected chi connectivity index (χ2v) is 5.48. The molecule has 0 saturated heterocycles. The highest BCUT2D eigenvalue weighted by Crippen LogP contribution is 2.42. The lowest BCUT2D eigenvalue weighted by Gasteiger charge is -2.29. The Morgan fingerprint density at radius 3 is 2.89 bits per heavy atom. The summed E-state index contributed by atoms with van der Waals surface area (Å²) < 4.78 is 4.99. The van der Waals surface area contributed by atoms with Crippen LogP contribution in [0.15, 0.2) is 24.5 Å². The summed E-state index contributed by atoms with van der Waals surface area (Å²) >= 11 is 0. The third-order valence-electron chi connectivity index (χ3n) is 4.00. The van der Waals surface area contributed by atoms with Gasteiger partial charge in [-0.15, -0.1) is 0 Å². The first kappa shape index (κ1) is 14.0. The van der Waals surface area contributed by atoms with Crippen molar-refractivity contribution in [1.29, 1.82) is 0 Å². The summed E-state index contributed by atoms with van der Waals surface area (Å²) in [6.45, 7) is 0.358. The number of hydrogen-bond acceptors (Lipinski definition) is 4. The van der Waals surface area contributed by atoms with Gasteiger partial charge in [0.05, 0.1) is 12.5 Å². The fourth-order valence-electron chi connectivity index (χ4n) is 2.58. The lowest BCUT2D eigenvalue weighted by molar-refractivity contribution is -0.153. The van der Waals surface area contributed by atoms with Crippen LogP contribution in [0, 0.1) is 11.3 Å². The maximum absolute atomic E-state index is 12.1. The first-order valence-electron chi connectivity index (χ1n) is 6.87. The van der Waals surface area contributed by atoms with Crippen LogP contribution in [0.25, 0.3) is 0 Å². The summed E-state index contributed by atoms with van der Waals surface area (Å²) in [5.41, 5.74) is 6.52. The number of nitrogens with zero attached hydrogens (tertiary/aromatic N) is 1. The molecule has 1 aliphatic carbocycles. The standard InChI is InChI=1S/C15H22N2O2/c1-19-14(18)15(11-16,9-12-4-5-12)7-6-13-3-2-8-17-10-13/h2-3,8,10,12H,4-7,9,11,16H2,1H3. The van der Waals surface area contributed by atoms with Crippen LogP contribution < -0.4 is 5.73 Å². The molecule has 0 aliphatic heterocycles. The number of carbonyl (C=O) groups excluding carboxylic acids is 1. The molecule has 1 saturated carbocycles. The van der Waals surface area contributed by atoms with Gasteiger partial charge in [0.15, 0.2) is 0 Å². The van der Waals surface area contributed by atoms with Crippen LogP contribution in [0.4, 0.5) is 0 Å². The van der Waals surface area contributed by atoms with Gasteiger partial charge in [0.25, 0.3) is 0 Å². The molecule has 4 heteroatoms. The van der Waals surface area contributed by atoms with Crippen molar-refractivity contribution >= 4 is 5.97 Å². The SMILES string of the molecule is COC(=O)C(CN)(CCc1cccnc1)CC1CC1. The van der Waals surface area contributed by atoms with E-state index in [0.717, 1.165) is 24.8 Å². The summed E-state index contributed by atoms with van der Waals surface area (Å²) in [4.78, 5) is 16.2. The molecule has 2 rings (SSSR count). The Kier molecular flexibility index (Phi) is 4.53. The van der Waals surface area contributed by atoms with Crippen molar-refractivity contribution in [3.05, 3.63) is 30.1 Å². The maximum atomic E-state index is 12.1. The number of pyridine rings is 1. The summed E-state index contributed by atoms with van der Waals surface area (Å²) in [5, 5.41) is 0. The Morgan fingerprint density at radius 1 is 1.58 bits per heavy atom. The van der Waals surface area contributed by atoms with E-state index in [0.29, 0.717) is 12.5 Å². The second-order valence-electron chi connectivity index (χ2n) is 5.48. The van der Waals surface area contributed by atoms with E-state index in [9.17, 15) is 4.79 Å². The van der Waals surface area contributed by atoms with Gasteiger partial charge in [-0.05, 0) is 36.8 Å². The normalized spacial score (nSPS) is 17.8. The zero-order valence-corrected chi connectivity index (χ0v) is 11.5. The molecule has 1 atom stereocenters. The van der Waals surface area contributed by atoms with E-state index in [-0.39, 0.29) is 5.97 Å². The van der Waals surface area contributed by atoms with Crippen LogP contribution in [0.2, 0.25) is 0 Å². The van der Waals surface area contributed by atoms with E-state index in [1.165, 1.54) is 20.0 Å². The van der Waals surface area contributed by atoms with Gasteiger partial charge in [0.1, 0.15) is 0 Å². The number of nitrogens with two attached hydrogens (primary N) is 1. The van der Waals surface area contributed by atoms with Gasteiger partial charge in [-0.1, -0.05) is 18.9 Å². The largest absolute Gasteiger partial charge is 0.469 e. The fraction of sp³-hybridized carbons (Fsp3) is 0.600. The lowest BCUT2D eigenvalue weighted by Crippen LogP contribution is -2.40. The van der Waals surface area contributed by atoms with Gasteiger partial charge in [-0.2, -0.15) is 0 Å². The van der Waals surface area contributed by atoms with Gasteiger partial charge in [-0.3, -0.25) is 9.78 Å². The third kappa shape index (κ3) is 3.53. The van der Waals surface area contributed by atoms with Gasteiger partial charge in [-0.25, -0.2) is 0 Å². The fourth-order valence-corrected chi connectivity index (χ4v) is 2.58. The van der Waals surface area contributed by atoms with Crippen molar-refractivity contribution in [3.8, 4) is 0 Å². The minimum Gasteiger partial charge on any atom is -0.469 e. The van der Waals surface area contributed by atoms with E-state index < -0.39 is 5.41 Å². The molecule has 1 aromatic rings. The number of hydrogen-bond donors (Lipinski definition) is 1. The van der Waals surface area contributed by atoms with Gasteiger partial charge >= 0.3 is 5.97 Å². The zero-order chi connectivity index (χ0) is 13.7. The monoisotopic (exact) mass is 262 g/mol. The van der Waals surface area contributed by atoms with E-state index in [1.807, 2.05) is 18.3 Å². The van der Waals surface area contributed by atoms with Crippen molar-refractivity contribution in [2.75, 3.05) is 13.7 Å². The Balaban J connectivity index is 2.05. The molecule has 104 valence electrons. The van der Waals surface area contributed by atoms with Gasteiger partial charge in [0, 0.05) is 18.9 Å². The van der Waals surface area contributed by atoms with Crippen LogP contribution in [0.3, 0.4) is 0 Å². The molecule has 0 radical (unpaired) electrons. The predicted molar refractivity (Wildman–Crippen MR) is 73.4 cm³/mol. The number of rotatable bonds is 7. The molecule has 1 heterocycles. The van der Waals surface area contributed by atoms with E-state index in [2.05, 4.69) is 4.98 Å². The molecule has 0 amide bonds. The van der Waals surface area contributed by atoms with E-state index in [4.69, 9.17) is 10.5 Å². The molecule has 1 unspecified atom stereocenters. The minimum absolute atomic E-state index is 0.161. The van der Waals surface area contributed by atoms with E-state index in [1.54, 1.807) is 6.20 Å². The molecule has 19 heavy (non-hydrogen) atoms. The van der Waals surface area contributed by atoms with Crippen LogP contribution in [-0.2, 0) is 16.0 Å². The number of carbonyl (C=O) groups is 1. The highest BCUT2D eigenvalue weighted by Gasteiger charge is 2.42.